The van der Waals surface area contributed by atoms with E-state index in [-0.39, 0.29) is 12.1 Å². The second kappa shape index (κ2) is 9.16. The molecule has 0 aromatic heterocycles. The van der Waals surface area contributed by atoms with Crippen molar-refractivity contribution in [2.45, 2.75) is 52.1 Å². The van der Waals surface area contributed by atoms with Gasteiger partial charge in [-0.05, 0) is 45.9 Å². The number of ether oxygens (including phenoxy) is 1. The minimum Gasteiger partial charge on any atom is -0.499 e. The van der Waals surface area contributed by atoms with Crippen LogP contribution in [0.5, 0.6) is 0 Å². The van der Waals surface area contributed by atoms with Gasteiger partial charge in [-0.25, -0.2) is 4.31 Å². The summed E-state index contributed by atoms with van der Waals surface area (Å²) < 4.78 is 20.6. The van der Waals surface area contributed by atoms with Crippen LogP contribution in [0.1, 0.15) is 40.0 Å². The molecule has 0 amide bonds. The molecule has 1 aliphatic carbocycles. The van der Waals surface area contributed by atoms with E-state index in [1.807, 2.05) is 11.2 Å². The van der Waals surface area contributed by atoms with Crippen LogP contribution < -0.4 is 0 Å². The summed E-state index contributed by atoms with van der Waals surface area (Å²) in [5.74, 6) is 5.30. The topological polar surface area (TPSA) is 32.8 Å². The van der Waals surface area contributed by atoms with Crippen molar-refractivity contribution >= 4 is 15.6 Å². The SMILES string of the molecule is C=C(OCC)C1CCN(C(=C)C(C)N(C2C=CC(C)=CC2)S(=C)(C)=O)CC1. The first-order chi connectivity index (χ1) is 12.6. The Morgan fingerprint density at radius 3 is 2.52 bits per heavy atom. The Labute approximate surface area is 166 Å². The molecule has 1 heterocycles. The molecular formula is C22H36N2O2S. The molecule has 1 fully saturated rings. The van der Waals surface area contributed by atoms with Gasteiger partial charge in [-0.1, -0.05) is 37.0 Å². The highest BCUT2D eigenvalue weighted by atomic mass is 32.2. The number of rotatable bonds is 8. The molecular weight excluding hydrogens is 356 g/mol. The van der Waals surface area contributed by atoms with Gasteiger partial charge in [-0.15, -0.1) is 0 Å². The standard InChI is InChI=1S/C22H36N2O2S/c1-8-26-20(5)21-13-15-23(16-14-21)18(3)19(4)24(27(6,7)25)22-11-9-17(2)10-12-22/h9-11,19,21-22H,3,5-6,8,12-16H2,1-2,4,7H3. The summed E-state index contributed by atoms with van der Waals surface area (Å²) in [6.45, 7) is 17.1. The second-order valence-electron chi connectivity index (χ2n) is 7.76. The van der Waals surface area contributed by atoms with E-state index in [0.717, 1.165) is 43.8 Å². The number of piperidine rings is 1. The number of hydrogen-bond donors (Lipinski definition) is 0. The molecule has 3 unspecified atom stereocenters. The van der Waals surface area contributed by atoms with Crippen LogP contribution in [0.25, 0.3) is 0 Å². The highest BCUT2D eigenvalue weighted by molar-refractivity contribution is 7.97. The Morgan fingerprint density at radius 2 is 2.04 bits per heavy atom. The zero-order chi connectivity index (χ0) is 20.2. The minimum absolute atomic E-state index is 0.0342. The monoisotopic (exact) mass is 392 g/mol. The molecule has 1 aliphatic heterocycles. The summed E-state index contributed by atoms with van der Waals surface area (Å²) in [6, 6.07) is 0.0545. The number of nitrogens with zero attached hydrogens (tertiary/aromatic N) is 2. The molecule has 1 saturated heterocycles. The van der Waals surface area contributed by atoms with Crippen molar-refractivity contribution in [3.05, 3.63) is 48.4 Å². The highest BCUT2D eigenvalue weighted by Crippen LogP contribution is 2.30. The molecule has 0 N–H and O–H groups in total. The van der Waals surface area contributed by atoms with Crippen molar-refractivity contribution in [3.8, 4) is 0 Å². The van der Waals surface area contributed by atoms with E-state index in [0.29, 0.717) is 12.5 Å². The van der Waals surface area contributed by atoms with Crippen LogP contribution >= 0.6 is 0 Å². The van der Waals surface area contributed by atoms with Crippen LogP contribution in [0.2, 0.25) is 0 Å². The van der Waals surface area contributed by atoms with Gasteiger partial charge in [-0.2, -0.15) is 0 Å². The van der Waals surface area contributed by atoms with Crippen LogP contribution in [0, 0.1) is 5.92 Å². The number of allylic oxidation sites excluding steroid dienone is 3. The van der Waals surface area contributed by atoms with Crippen molar-refractivity contribution in [2.75, 3.05) is 26.0 Å². The van der Waals surface area contributed by atoms with Crippen LogP contribution in [-0.2, 0) is 14.4 Å². The highest BCUT2D eigenvalue weighted by Gasteiger charge is 2.32. The molecule has 3 atom stereocenters. The first kappa shape index (κ1) is 21.8. The fraction of sp³-hybridized carbons (Fsp3) is 0.591. The zero-order valence-corrected chi connectivity index (χ0v) is 18.3. The first-order valence-electron chi connectivity index (χ1n) is 9.86. The predicted molar refractivity (Wildman–Crippen MR) is 118 cm³/mol. The smallest absolute Gasteiger partial charge is 0.0920 e. The van der Waals surface area contributed by atoms with Gasteiger partial charge in [0.1, 0.15) is 0 Å². The van der Waals surface area contributed by atoms with Crippen molar-refractivity contribution in [1.29, 1.82) is 0 Å². The van der Waals surface area contributed by atoms with Crippen molar-refractivity contribution < 1.29 is 8.95 Å². The van der Waals surface area contributed by atoms with E-state index in [2.05, 4.69) is 56.0 Å². The lowest BCUT2D eigenvalue weighted by Crippen LogP contribution is -2.49. The lowest BCUT2D eigenvalue weighted by atomic mass is 9.94. The van der Waals surface area contributed by atoms with Crippen LogP contribution in [0.15, 0.2) is 48.4 Å². The predicted octanol–water partition coefficient (Wildman–Crippen LogP) is 3.99. The fourth-order valence-corrected chi connectivity index (χ4v) is 5.54. The van der Waals surface area contributed by atoms with Gasteiger partial charge >= 0.3 is 0 Å². The maximum atomic E-state index is 13.0. The maximum absolute atomic E-state index is 13.0. The van der Waals surface area contributed by atoms with Gasteiger partial charge in [0.25, 0.3) is 0 Å². The van der Waals surface area contributed by atoms with Gasteiger partial charge < -0.3 is 9.64 Å². The molecule has 5 heteroatoms. The van der Waals surface area contributed by atoms with Gasteiger partial charge in [0.15, 0.2) is 0 Å². The third-order valence-electron chi connectivity index (χ3n) is 5.59. The van der Waals surface area contributed by atoms with Crippen LogP contribution in [0.3, 0.4) is 0 Å². The van der Waals surface area contributed by atoms with Gasteiger partial charge in [0.2, 0.25) is 0 Å². The Morgan fingerprint density at radius 1 is 1.41 bits per heavy atom. The summed E-state index contributed by atoms with van der Waals surface area (Å²) in [6.07, 6.45) is 11.1. The Bertz CT molecular complexity index is 713. The van der Waals surface area contributed by atoms with E-state index < -0.39 is 9.71 Å². The normalized spacial score (nSPS) is 24.3. The lowest BCUT2D eigenvalue weighted by molar-refractivity contribution is 0.143. The Kier molecular flexibility index (Phi) is 7.40. The van der Waals surface area contributed by atoms with Gasteiger partial charge in [0.05, 0.1) is 18.4 Å². The van der Waals surface area contributed by atoms with E-state index in [1.165, 1.54) is 5.57 Å². The number of likely N-dealkylation sites (tertiary alicyclic amines) is 1. The Balaban J connectivity index is 2.06. The summed E-state index contributed by atoms with van der Waals surface area (Å²) in [4.78, 5) is 2.33. The molecule has 0 saturated carbocycles. The quantitative estimate of drug-likeness (QED) is 0.462. The molecule has 0 aromatic carbocycles. The third kappa shape index (κ3) is 5.52. The number of hydrogen-bond acceptors (Lipinski definition) is 3. The lowest BCUT2D eigenvalue weighted by Gasteiger charge is -2.42. The molecule has 0 bridgehead atoms. The van der Waals surface area contributed by atoms with Gasteiger partial charge in [0, 0.05) is 46.7 Å². The largest absolute Gasteiger partial charge is 0.499 e. The molecule has 27 heavy (non-hydrogen) atoms. The van der Waals surface area contributed by atoms with E-state index in [4.69, 9.17) is 4.74 Å². The molecule has 0 spiro atoms. The summed E-state index contributed by atoms with van der Waals surface area (Å²) in [5, 5.41) is 0. The second-order valence-corrected chi connectivity index (χ2v) is 10.1. The van der Waals surface area contributed by atoms with Crippen molar-refractivity contribution in [3.63, 3.8) is 0 Å². The van der Waals surface area contributed by atoms with Crippen molar-refractivity contribution in [2.24, 2.45) is 5.92 Å². The first-order valence-corrected chi connectivity index (χ1v) is 11.9. The van der Waals surface area contributed by atoms with E-state index in [1.54, 1.807) is 6.26 Å². The zero-order valence-electron chi connectivity index (χ0n) is 17.4. The average molecular weight is 393 g/mol. The molecule has 152 valence electrons. The minimum atomic E-state index is -2.37. The van der Waals surface area contributed by atoms with E-state index >= 15 is 0 Å². The molecule has 0 aromatic rings. The molecule has 4 nitrogen and oxygen atoms in total. The molecule has 2 rings (SSSR count). The maximum Gasteiger partial charge on any atom is 0.0920 e. The molecule has 0 radical (unpaired) electrons. The average Bonchev–Trinajstić information content (AvgIpc) is 2.62. The Hall–Kier alpha value is -1.46. The summed E-state index contributed by atoms with van der Waals surface area (Å²) in [5.41, 5.74) is 2.27. The van der Waals surface area contributed by atoms with E-state index in [9.17, 15) is 4.21 Å². The summed E-state index contributed by atoms with van der Waals surface area (Å²) in [7, 11) is -2.37. The third-order valence-corrected chi connectivity index (χ3v) is 7.06. The van der Waals surface area contributed by atoms with Crippen molar-refractivity contribution in [1.82, 2.24) is 9.21 Å². The van der Waals surface area contributed by atoms with Crippen LogP contribution in [-0.4, -0.2) is 57.3 Å². The van der Waals surface area contributed by atoms with Gasteiger partial charge in [-0.3, -0.25) is 4.21 Å². The summed E-state index contributed by atoms with van der Waals surface area (Å²) >= 11 is 0. The fourth-order valence-electron chi connectivity index (χ4n) is 4.02. The van der Waals surface area contributed by atoms with Crippen LogP contribution in [0.4, 0.5) is 0 Å². The molecule has 2 aliphatic rings.